The van der Waals surface area contributed by atoms with Crippen LogP contribution in [-0.4, -0.2) is 41.9 Å². The Hall–Kier alpha value is -4.78. The van der Waals surface area contributed by atoms with Gasteiger partial charge in [-0.25, -0.2) is 0 Å². The van der Waals surface area contributed by atoms with Gasteiger partial charge in [-0.15, -0.1) is 0 Å². The van der Waals surface area contributed by atoms with Gasteiger partial charge in [-0.1, -0.05) is 86.2 Å². The molecule has 7 rings (SSSR count). The van der Waals surface area contributed by atoms with Crippen molar-refractivity contribution in [3.05, 3.63) is 135 Å². The van der Waals surface area contributed by atoms with Gasteiger partial charge in [-0.2, -0.15) is 0 Å². The van der Waals surface area contributed by atoms with Crippen LogP contribution < -0.4 is 19.9 Å². The molecule has 0 bridgehead atoms. The van der Waals surface area contributed by atoms with E-state index in [1.807, 2.05) is 35.0 Å². The second kappa shape index (κ2) is 10.6. The number of unbranched alkanes of at least 4 members (excludes halogenated alkanes) is 1. The maximum absolute atomic E-state index is 14.2. The third-order valence-corrected chi connectivity index (χ3v) is 8.53. The molecular weight excluding hydrogens is 526 g/mol. The van der Waals surface area contributed by atoms with Crippen molar-refractivity contribution < 1.29 is 14.3 Å². The van der Waals surface area contributed by atoms with E-state index in [0.717, 1.165) is 30.6 Å². The highest BCUT2D eigenvalue weighted by molar-refractivity contribution is 5.96. The summed E-state index contributed by atoms with van der Waals surface area (Å²) in [6.07, 6.45) is 6.54. The first kappa shape index (κ1) is 26.1. The average Bonchev–Trinajstić information content (AvgIpc) is 3.51. The van der Waals surface area contributed by atoms with Crippen LogP contribution >= 0.6 is 0 Å². The second-order valence-corrected chi connectivity index (χ2v) is 11.0. The Kier molecular flexibility index (Phi) is 6.57. The zero-order valence-electron chi connectivity index (χ0n) is 23.7. The van der Waals surface area contributed by atoms with Gasteiger partial charge < -0.3 is 14.4 Å². The largest absolute Gasteiger partial charge is 0.492 e. The van der Waals surface area contributed by atoms with Gasteiger partial charge in [0.25, 0.3) is 5.91 Å². The zero-order chi connectivity index (χ0) is 28.7. The van der Waals surface area contributed by atoms with Crippen LogP contribution in [0.5, 0.6) is 11.5 Å². The van der Waals surface area contributed by atoms with E-state index in [9.17, 15) is 9.59 Å². The Labute approximate surface area is 245 Å². The van der Waals surface area contributed by atoms with Crippen molar-refractivity contribution in [2.45, 2.75) is 31.7 Å². The molecule has 0 fully saturated rings. The molecule has 1 aliphatic heterocycles. The maximum Gasteiger partial charge on any atom is 0.278 e. The average molecular weight is 560 g/mol. The van der Waals surface area contributed by atoms with Crippen molar-refractivity contribution in [1.82, 2.24) is 9.58 Å². The number of nitrogens with zero attached hydrogens (tertiary/aromatic N) is 3. The lowest BCUT2D eigenvalue weighted by molar-refractivity contribution is 0.0636. The van der Waals surface area contributed by atoms with E-state index < -0.39 is 5.54 Å². The van der Waals surface area contributed by atoms with Gasteiger partial charge in [0.1, 0.15) is 24.6 Å². The summed E-state index contributed by atoms with van der Waals surface area (Å²) in [5.41, 5.74) is 5.35. The summed E-state index contributed by atoms with van der Waals surface area (Å²) in [4.78, 5) is 29.2. The lowest BCUT2D eigenvalue weighted by Gasteiger charge is -2.49. The van der Waals surface area contributed by atoms with Crippen molar-refractivity contribution in [3.8, 4) is 11.5 Å². The molecule has 3 aliphatic rings. The highest BCUT2D eigenvalue weighted by Crippen LogP contribution is 2.55. The van der Waals surface area contributed by atoms with Crippen molar-refractivity contribution >= 4 is 12.0 Å². The number of pyridine rings is 1. The fourth-order valence-corrected chi connectivity index (χ4v) is 6.63. The first-order valence-corrected chi connectivity index (χ1v) is 14.7. The maximum atomic E-state index is 14.2. The van der Waals surface area contributed by atoms with Crippen LogP contribution in [0.25, 0.3) is 6.08 Å². The third-order valence-electron chi connectivity index (χ3n) is 8.53. The molecule has 0 saturated carbocycles. The van der Waals surface area contributed by atoms with Crippen molar-refractivity contribution in [3.63, 3.8) is 0 Å². The summed E-state index contributed by atoms with van der Waals surface area (Å²) < 4.78 is 14.0. The number of carbonyl (C=O) groups excluding carboxylic acids is 1. The van der Waals surface area contributed by atoms with Crippen LogP contribution in [0.15, 0.2) is 101 Å². The van der Waals surface area contributed by atoms with E-state index in [-0.39, 0.29) is 22.8 Å². The van der Waals surface area contributed by atoms with Crippen LogP contribution in [0, 0.1) is 0 Å². The summed E-state index contributed by atoms with van der Waals surface area (Å²) in [5, 5.41) is 2.24. The van der Waals surface area contributed by atoms with Crippen LogP contribution in [0.4, 0.5) is 0 Å². The van der Waals surface area contributed by atoms with Gasteiger partial charge in [0.2, 0.25) is 5.43 Å². The lowest BCUT2D eigenvalue weighted by Crippen LogP contribution is -2.62. The minimum absolute atomic E-state index is 0.106. The number of hydrogen-bond acceptors (Lipinski definition) is 5. The Morgan fingerprint density at radius 3 is 2.43 bits per heavy atom. The number of fused-ring (bicyclic) bond motifs is 6. The summed E-state index contributed by atoms with van der Waals surface area (Å²) in [6, 6.07) is 28.1. The summed E-state index contributed by atoms with van der Waals surface area (Å²) in [6.45, 7) is 3.41. The molecule has 0 spiro atoms. The monoisotopic (exact) mass is 559 g/mol. The molecule has 42 heavy (non-hydrogen) atoms. The number of aromatic nitrogens is 1. The Morgan fingerprint density at radius 1 is 0.833 bits per heavy atom. The topological polar surface area (TPSA) is 64.0 Å². The van der Waals surface area contributed by atoms with Gasteiger partial charge in [0, 0.05) is 12.3 Å². The fourth-order valence-electron chi connectivity index (χ4n) is 6.63. The van der Waals surface area contributed by atoms with Crippen molar-refractivity contribution in [2.24, 2.45) is 0 Å². The van der Waals surface area contributed by atoms with Gasteiger partial charge in [-0.3, -0.25) is 19.3 Å². The van der Waals surface area contributed by atoms with E-state index in [2.05, 4.69) is 66.5 Å². The molecule has 1 atom stereocenters. The molecule has 1 amide bonds. The number of ether oxygens (including phenoxy) is 2. The Morgan fingerprint density at radius 2 is 1.60 bits per heavy atom. The van der Waals surface area contributed by atoms with E-state index in [1.54, 1.807) is 11.1 Å². The summed E-state index contributed by atoms with van der Waals surface area (Å²) >= 11 is 0. The normalized spacial score (nSPS) is 18.2. The predicted molar refractivity (Wildman–Crippen MR) is 163 cm³/mol. The first-order chi connectivity index (χ1) is 20.6. The Balaban J connectivity index is 1.38. The fraction of sp³-hybridized carbons (Fsp3) is 0.257. The zero-order valence-corrected chi connectivity index (χ0v) is 23.7. The van der Waals surface area contributed by atoms with Crippen molar-refractivity contribution in [1.29, 1.82) is 0 Å². The minimum atomic E-state index is -0.642. The smallest absolute Gasteiger partial charge is 0.278 e. The van der Waals surface area contributed by atoms with Crippen molar-refractivity contribution in [2.75, 3.05) is 31.4 Å². The van der Waals surface area contributed by atoms with Crippen LogP contribution in [-0.2, 0) is 12.0 Å². The number of benzene rings is 3. The molecule has 0 radical (unpaired) electrons. The van der Waals surface area contributed by atoms with E-state index in [0.29, 0.717) is 26.4 Å². The first-order valence-electron chi connectivity index (χ1n) is 14.7. The SMILES string of the molecule is CCCCOc1c2n(ccc1=O)N(C13C(=Cc4ccccc41)Cc1ccccc13)CN(CCOc1ccccc1)C2=O. The van der Waals surface area contributed by atoms with Gasteiger partial charge in [0.05, 0.1) is 13.2 Å². The van der Waals surface area contributed by atoms with Crippen LogP contribution in [0.2, 0.25) is 0 Å². The molecular formula is C35H33N3O4. The van der Waals surface area contributed by atoms with Gasteiger partial charge in [-0.05, 0) is 52.8 Å². The molecule has 2 heterocycles. The number of para-hydroxylation sites is 1. The second-order valence-electron chi connectivity index (χ2n) is 11.0. The Bertz CT molecular complexity index is 1740. The van der Waals surface area contributed by atoms with E-state index >= 15 is 0 Å². The molecule has 0 saturated heterocycles. The highest BCUT2D eigenvalue weighted by Gasteiger charge is 2.55. The number of rotatable bonds is 9. The number of hydrogen-bond donors (Lipinski definition) is 0. The molecule has 4 aromatic rings. The minimum Gasteiger partial charge on any atom is -0.492 e. The van der Waals surface area contributed by atoms with Gasteiger partial charge in [0.15, 0.2) is 11.4 Å². The molecule has 0 N–H and O–H groups in total. The molecule has 1 unspecified atom stereocenters. The molecule has 212 valence electrons. The number of carbonyl (C=O) groups is 1. The molecule has 7 nitrogen and oxygen atoms in total. The highest BCUT2D eigenvalue weighted by atomic mass is 16.5. The lowest BCUT2D eigenvalue weighted by atomic mass is 9.83. The predicted octanol–water partition coefficient (Wildman–Crippen LogP) is 5.35. The summed E-state index contributed by atoms with van der Waals surface area (Å²) in [5.74, 6) is 0.609. The van der Waals surface area contributed by atoms with E-state index in [4.69, 9.17) is 9.47 Å². The van der Waals surface area contributed by atoms with Crippen LogP contribution in [0.3, 0.4) is 0 Å². The number of amides is 1. The molecule has 3 aromatic carbocycles. The molecule has 2 aliphatic carbocycles. The standard InChI is InChI=1S/C35H33N3O4/c1-2-3-20-42-33-31(39)17-18-37-32(33)34(40)36(19-21-41-28-13-5-4-6-14-28)24-38(37)35-27(22-25-11-7-9-15-29(25)35)23-26-12-8-10-16-30(26)35/h4-18,22H,2-3,19-21,23-24H2,1H3. The third kappa shape index (κ3) is 4.03. The van der Waals surface area contributed by atoms with E-state index in [1.165, 1.54) is 28.3 Å². The summed E-state index contributed by atoms with van der Waals surface area (Å²) in [7, 11) is 0. The molecule has 1 aromatic heterocycles. The molecule has 7 heteroatoms. The quantitative estimate of drug-likeness (QED) is 0.259. The van der Waals surface area contributed by atoms with Gasteiger partial charge >= 0.3 is 0 Å². The van der Waals surface area contributed by atoms with Crippen LogP contribution in [0.1, 0.15) is 52.5 Å².